The summed E-state index contributed by atoms with van der Waals surface area (Å²) >= 11 is 0. The molecule has 130 valence electrons. The Bertz CT molecular complexity index is 672. The zero-order chi connectivity index (χ0) is 17.5. The van der Waals surface area contributed by atoms with Gasteiger partial charge in [0.15, 0.2) is 0 Å². The molecule has 3 rings (SSSR count). The second-order valence-corrected chi connectivity index (χ2v) is 7.30. The van der Waals surface area contributed by atoms with Gasteiger partial charge in [0.25, 0.3) is 5.91 Å². The van der Waals surface area contributed by atoms with Gasteiger partial charge in [0.1, 0.15) is 11.5 Å². The summed E-state index contributed by atoms with van der Waals surface area (Å²) < 4.78 is 5.55. The Morgan fingerprint density at radius 3 is 2.58 bits per heavy atom. The first-order chi connectivity index (χ1) is 11.4. The zero-order valence-electron chi connectivity index (χ0n) is 15.0. The maximum absolute atomic E-state index is 12.8. The molecule has 0 radical (unpaired) electrons. The van der Waals surface area contributed by atoms with Gasteiger partial charge in [-0.3, -0.25) is 4.79 Å². The molecule has 0 atom stereocenters. The summed E-state index contributed by atoms with van der Waals surface area (Å²) in [6, 6.07) is 4.00. The lowest BCUT2D eigenvalue weighted by Crippen LogP contribution is -2.47. The summed E-state index contributed by atoms with van der Waals surface area (Å²) in [4.78, 5) is 12.8. The first-order valence-electron chi connectivity index (χ1n) is 8.86. The van der Waals surface area contributed by atoms with Gasteiger partial charge in [-0.1, -0.05) is 19.9 Å². The molecule has 2 aliphatic rings. The lowest BCUT2D eigenvalue weighted by Gasteiger charge is -2.36. The lowest BCUT2D eigenvalue weighted by molar-refractivity contribution is -0.116. The van der Waals surface area contributed by atoms with Gasteiger partial charge in [-0.15, -0.1) is 0 Å². The Balaban J connectivity index is 2.15. The van der Waals surface area contributed by atoms with E-state index in [1.807, 2.05) is 13.0 Å². The van der Waals surface area contributed by atoms with Gasteiger partial charge in [0.05, 0.1) is 18.2 Å². The molecule has 24 heavy (non-hydrogen) atoms. The van der Waals surface area contributed by atoms with E-state index >= 15 is 0 Å². The molecule has 1 fully saturated rings. The van der Waals surface area contributed by atoms with Crippen LogP contribution in [0, 0.1) is 12.8 Å². The van der Waals surface area contributed by atoms with Crippen molar-refractivity contribution in [2.75, 3.05) is 7.11 Å². The number of rotatable bonds is 3. The molecule has 1 aliphatic heterocycles. The molecular weight excluding hydrogens is 302 g/mol. The van der Waals surface area contributed by atoms with E-state index in [2.05, 4.69) is 25.2 Å². The molecule has 1 saturated carbocycles. The van der Waals surface area contributed by atoms with E-state index in [1.54, 1.807) is 7.11 Å². The first-order valence-corrected chi connectivity index (χ1v) is 8.86. The number of carbonyl (C=O) groups is 1. The van der Waals surface area contributed by atoms with Gasteiger partial charge in [0, 0.05) is 5.56 Å². The quantitative estimate of drug-likeness (QED) is 0.884. The highest BCUT2D eigenvalue weighted by molar-refractivity contribution is 6.24. The van der Waals surface area contributed by atoms with Crippen LogP contribution in [0.25, 0.3) is 5.57 Å². The minimum atomic E-state index is -0.583. The van der Waals surface area contributed by atoms with E-state index in [0.29, 0.717) is 17.2 Å². The van der Waals surface area contributed by atoms with Crippen LogP contribution < -0.4 is 10.1 Å². The molecule has 0 saturated heterocycles. The summed E-state index contributed by atoms with van der Waals surface area (Å²) in [7, 11) is 1.61. The minimum absolute atomic E-state index is 0.182. The fourth-order valence-electron chi connectivity index (χ4n) is 4.08. The average Bonchev–Trinajstić information content (AvgIpc) is 2.80. The molecule has 1 heterocycles. The molecule has 0 aromatic heterocycles. The van der Waals surface area contributed by atoms with E-state index < -0.39 is 5.54 Å². The Labute approximate surface area is 143 Å². The Morgan fingerprint density at radius 1 is 1.33 bits per heavy atom. The first kappa shape index (κ1) is 16.9. The minimum Gasteiger partial charge on any atom is -0.509 e. The van der Waals surface area contributed by atoms with Gasteiger partial charge < -0.3 is 15.2 Å². The summed E-state index contributed by atoms with van der Waals surface area (Å²) in [6.07, 6.45) is 4.41. The molecular formula is C20H27NO3. The molecule has 4 heteroatoms. The fourth-order valence-corrected chi connectivity index (χ4v) is 4.08. The number of nitrogens with one attached hydrogen (secondary N) is 1. The van der Waals surface area contributed by atoms with Crippen molar-refractivity contribution < 1.29 is 14.6 Å². The number of aliphatic hydroxyl groups excluding tert-OH is 1. The van der Waals surface area contributed by atoms with Crippen LogP contribution in [0.5, 0.6) is 5.75 Å². The van der Waals surface area contributed by atoms with Crippen LogP contribution in [0.4, 0.5) is 0 Å². The van der Waals surface area contributed by atoms with Gasteiger partial charge >= 0.3 is 0 Å². The zero-order valence-corrected chi connectivity index (χ0v) is 15.0. The molecule has 2 N–H and O–H groups in total. The molecule has 1 aromatic carbocycles. The number of hydrogen-bond acceptors (Lipinski definition) is 3. The highest BCUT2D eigenvalue weighted by Crippen LogP contribution is 2.45. The third-order valence-corrected chi connectivity index (χ3v) is 5.58. The predicted molar refractivity (Wildman–Crippen MR) is 95.2 cm³/mol. The highest BCUT2D eigenvalue weighted by Gasteiger charge is 2.48. The standard InChI is InChI=1S/C20H27NO3/c1-5-14-10-13(3)11-15(24-4)16(14)17-18(22)20(21-19(17)23)8-6-12(2)7-9-20/h10-12,22H,5-9H2,1-4H3,(H,21,23). The number of aliphatic hydroxyl groups is 1. The van der Waals surface area contributed by atoms with Gasteiger partial charge in [-0.2, -0.15) is 0 Å². The van der Waals surface area contributed by atoms with E-state index in [0.717, 1.165) is 48.8 Å². The number of carbonyl (C=O) groups excluding carboxylic acids is 1. The topological polar surface area (TPSA) is 58.6 Å². The second kappa shape index (κ2) is 6.15. The van der Waals surface area contributed by atoms with E-state index in [9.17, 15) is 9.90 Å². The van der Waals surface area contributed by atoms with E-state index in [-0.39, 0.29) is 11.7 Å². The average molecular weight is 329 g/mol. The number of benzene rings is 1. The van der Waals surface area contributed by atoms with Gasteiger partial charge in [-0.25, -0.2) is 0 Å². The van der Waals surface area contributed by atoms with Crippen LogP contribution in [0.15, 0.2) is 17.9 Å². The van der Waals surface area contributed by atoms with Crippen LogP contribution >= 0.6 is 0 Å². The van der Waals surface area contributed by atoms with Crippen LogP contribution in [0.2, 0.25) is 0 Å². The smallest absolute Gasteiger partial charge is 0.256 e. The van der Waals surface area contributed by atoms with Crippen LogP contribution in [-0.2, 0) is 11.2 Å². The van der Waals surface area contributed by atoms with Crippen molar-refractivity contribution in [3.63, 3.8) is 0 Å². The van der Waals surface area contributed by atoms with Crippen molar-refractivity contribution in [2.24, 2.45) is 5.92 Å². The Hall–Kier alpha value is -1.97. The summed E-state index contributed by atoms with van der Waals surface area (Å²) in [5.74, 6) is 1.32. The number of ether oxygens (including phenoxy) is 1. The molecule has 1 spiro atoms. The van der Waals surface area contributed by atoms with E-state index in [4.69, 9.17) is 4.74 Å². The van der Waals surface area contributed by atoms with Gasteiger partial charge in [-0.05, 0) is 62.1 Å². The van der Waals surface area contributed by atoms with Crippen molar-refractivity contribution >= 4 is 11.5 Å². The molecule has 4 nitrogen and oxygen atoms in total. The number of hydrogen-bond donors (Lipinski definition) is 2. The monoisotopic (exact) mass is 329 g/mol. The van der Waals surface area contributed by atoms with Crippen molar-refractivity contribution in [1.82, 2.24) is 5.32 Å². The Morgan fingerprint density at radius 2 is 2.00 bits per heavy atom. The summed E-state index contributed by atoms with van der Waals surface area (Å²) in [6.45, 7) is 6.29. The Kier molecular flexibility index (Phi) is 4.33. The summed E-state index contributed by atoms with van der Waals surface area (Å²) in [5, 5.41) is 14.1. The van der Waals surface area contributed by atoms with Crippen LogP contribution in [-0.4, -0.2) is 23.7 Å². The number of amides is 1. The normalized spacial score (nSPS) is 26.8. The largest absolute Gasteiger partial charge is 0.509 e. The summed E-state index contributed by atoms with van der Waals surface area (Å²) in [5.41, 5.74) is 2.69. The molecule has 0 bridgehead atoms. The molecule has 1 aromatic rings. The van der Waals surface area contributed by atoms with Crippen molar-refractivity contribution in [3.05, 3.63) is 34.6 Å². The maximum atomic E-state index is 12.8. The second-order valence-electron chi connectivity index (χ2n) is 7.30. The fraction of sp³-hybridized carbons (Fsp3) is 0.550. The third kappa shape index (κ3) is 2.58. The van der Waals surface area contributed by atoms with Crippen molar-refractivity contribution in [3.8, 4) is 5.75 Å². The highest BCUT2D eigenvalue weighted by atomic mass is 16.5. The van der Waals surface area contributed by atoms with Crippen LogP contribution in [0.3, 0.4) is 0 Å². The van der Waals surface area contributed by atoms with E-state index in [1.165, 1.54) is 0 Å². The maximum Gasteiger partial charge on any atom is 0.256 e. The van der Waals surface area contributed by atoms with Gasteiger partial charge in [0.2, 0.25) is 0 Å². The van der Waals surface area contributed by atoms with Crippen molar-refractivity contribution in [1.29, 1.82) is 0 Å². The SMILES string of the molecule is CCc1cc(C)cc(OC)c1C1=C(O)C2(CCC(C)CC2)NC1=O. The molecule has 0 unspecified atom stereocenters. The molecule has 1 amide bonds. The van der Waals surface area contributed by atoms with Crippen LogP contribution in [0.1, 0.15) is 56.2 Å². The number of methoxy groups -OCH3 is 1. The lowest BCUT2D eigenvalue weighted by atomic mass is 9.76. The number of aryl methyl sites for hydroxylation is 2. The molecule has 1 aliphatic carbocycles. The predicted octanol–water partition coefficient (Wildman–Crippen LogP) is 3.91. The van der Waals surface area contributed by atoms with Crippen molar-refractivity contribution in [2.45, 2.75) is 58.4 Å². The third-order valence-electron chi connectivity index (χ3n) is 5.58.